The number of hydrogen-bond donors (Lipinski definition) is 2. The number of amides is 2. The Morgan fingerprint density at radius 2 is 1.74 bits per heavy atom. The number of carbonyl (C=O) groups is 2. The summed E-state index contributed by atoms with van der Waals surface area (Å²) in [5, 5.41) is 7.55. The van der Waals surface area contributed by atoms with Crippen LogP contribution in [-0.4, -0.2) is 72.1 Å². The van der Waals surface area contributed by atoms with Gasteiger partial charge >= 0.3 is 0 Å². The zero-order chi connectivity index (χ0) is 29.5. The Balaban J connectivity index is 0.00000122. The molecule has 0 spiro atoms. The minimum absolute atomic E-state index is 0.0275. The number of rotatable bonds is 17. The quantitative estimate of drug-likeness (QED) is 0.157. The van der Waals surface area contributed by atoms with Gasteiger partial charge in [0.05, 0.1) is 5.71 Å². The summed E-state index contributed by atoms with van der Waals surface area (Å²) in [5.74, 6) is 0.639. The Labute approximate surface area is 238 Å². The van der Waals surface area contributed by atoms with Crippen molar-refractivity contribution in [1.82, 2.24) is 25.5 Å². The van der Waals surface area contributed by atoms with Gasteiger partial charge in [0.1, 0.15) is 0 Å². The van der Waals surface area contributed by atoms with Gasteiger partial charge in [0.2, 0.25) is 11.8 Å². The maximum atomic E-state index is 12.3. The smallest absolute Gasteiger partial charge is 0.224 e. The normalized spacial score (nSPS) is 12.5. The molecule has 2 amide bonds. The van der Waals surface area contributed by atoms with E-state index in [0.717, 1.165) is 50.2 Å². The lowest BCUT2D eigenvalue weighted by atomic mass is 10.1. The lowest BCUT2D eigenvalue weighted by Gasteiger charge is -2.23. The molecular weight excluding hydrogens is 488 g/mol. The summed E-state index contributed by atoms with van der Waals surface area (Å²) in [6.45, 7) is 15.1. The number of carbonyl (C=O) groups excluding carboxylic acids is 2. The van der Waals surface area contributed by atoms with Gasteiger partial charge in [0.15, 0.2) is 0 Å². The van der Waals surface area contributed by atoms with Crippen LogP contribution in [0.5, 0.6) is 0 Å². The van der Waals surface area contributed by atoms with Gasteiger partial charge in [-0.05, 0) is 57.0 Å². The molecule has 8 nitrogen and oxygen atoms in total. The van der Waals surface area contributed by atoms with Crippen molar-refractivity contribution in [2.75, 3.05) is 33.7 Å². The zero-order valence-corrected chi connectivity index (χ0v) is 25.7. The van der Waals surface area contributed by atoms with E-state index in [2.05, 4.69) is 67.4 Å². The first kappa shape index (κ1) is 36.0. The molecule has 1 rings (SSSR count). The summed E-state index contributed by atoms with van der Waals surface area (Å²) in [5.41, 5.74) is 4.65. The van der Waals surface area contributed by atoms with E-state index in [0.29, 0.717) is 12.3 Å². The summed E-state index contributed by atoms with van der Waals surface area (Å²) in [7, 11) is 3.94. The highest BCUT2D eigenvalue weighted by molar-refractivity contribution is 6.08. The van der Waals surface area contributed by atoms with Crippen molar-refractivity contribution in [2.24, 2.45) is 11.0 Å². The van der Waals surface area contributed by atoms with Crippen LogP contribution in [0, 0.1) is 5.92 Å². The highest BCUT2D eigenvalue weighted by atomic mass is 16.2. The van der Waals surface area contributed by atoms with E-state index in [1.807, 2.05) is 43.6 Å². The highest BCUT2D eigenvalue weighted by Gasteiger charge is 2.11. The van der Waals surface area contributed by atoms with Crippen LogP contribution in [0.4, 0.5) is 0 Å². The van der Waals surface area contributed by atoms with E-state index < -0.39 is 0 Å². The molecule has 0 saturated carbocycles. The SMILES string of the molecule is CCCCCN(C)C(C)=O.CCCN(C)CC(CC)NC(=O)C/C=C/C(=N\N/C=C/C(C)C)c1ccncc1. The Bertz CT molecular complexity index is 867. The fourth-order valence-corrected chi connectivity index (χ4v) is 3.51. The summed E-state index contributed by atoms with van der Waals surface area (Å²) >= 11 is 0. The van der Waals surface area contributed by atoms with Crippen LogP contribution in [-0.2, 0) is 9.59 Å². The number of hydrogen-bond acceptors (Lipinski definition) is 6. The Hall–Kier alpha value is -3.00. The molecule has 0 fully saturated rings. The lowest BCUT2D eigenvalue weighted by molar-refractivity contribution is -0.127. The third kappa shape index (κ3) is 19.7. The van der Waals surface area contributed by atoms with E-state index in [-0.39, 0.29) is 17.9 Å². The number of unbranched alkanes of at least 4 members (excludes halogenated alkanes) is 2. The second kappa shape index (κ2) is 22.9. The number of aromatic nitrogens is 1. The van der Waals surface area contributed by atoms with E-state index in [4.69, 9.17) is 0 Å². The maximum absolute atomic E-state index is 12.3. The molecule has 0 aliphatic heterocycles. The average Bonchev–Trinajstić information content (AvgIpc) is 2.90. The van der Waals surface area contributed by atoms with Crippen LogP contribution in [0.1, 0.15) is 85.6 Å². The molecule has 1 atom stereocenters. The van der Waals surface area contributed by atoms with Crippen molar-refractivity contribution in [3.8, 4) is 0 Å². The van der Waals surface area contributed by atoms with E-state index in [1.165, 1.54) is 12.8 Å². The molecular formula is C31H54N6O2. The number of nitrogens with zero attached hydrogens (tertiary/aromatic N) is 4. The molecule has 220 valence electrons. The molecule has 1 heterocycles. The molecule has 1 unspecified atom stereocenters. The standard InChI is InChI=1S/C23H37N5O.C8H17NO/c1-6-17-28(5)18-21(7-2)26-23(29)10-8-9-22(20-12-14-24-15-13-20)27-25-16-11-19(3)4;1-4-5-6-7-9(3)8(2)10/h8-9,11-16,19,21,25H,6-7,10,17-18H2,1-5H3,(H,26,29);4-7H2,1-3H3/b9-8+,16-11+,27-22+;. The van der Waals surface area contributed by atoms with Crippen LogP contribution < -0.4 is 10.7 Å². The predicted octanol–water partition coefficient (Wildman–Crippen LogP) is 5.38. The first-order valence-electron chi connectivity index (χ1n) is 14.4. The molecule has 1 aromatic rings. The fourth-order valence-electron chi connectivity index (χ4n) is 3.51. The zero-order valence-electron chi connectivity index (χ0n) is 25.7. The van der Waals surface area contributed by atoms with Crippen molar-refractivity contribution < 1.29 is 9.59 Å². The van der Waals surface area contributed by atoms with Crippen molar-refractivity contribution in [3.63, 3.8) is 0 Å². The van der Waals surface area contributed by atoms with Crippen molar-refractivity contribution in [1.29, 1.82) is 0 Å². The van der Waals surface area contributed by atoms with Crippen LogP contribution in [0.3, 0.4) is 0 Å². The van der Waals surface area contributed by atoms with Gasteiger partial charge in [-0.2, -0.15) is 5.10 Å². The van der Waals surface area contributed by atoms with E-state index in [1.54, 1.807) is 24.2 Å². The molecule has 0 bridgehead atoms. The molecule has 2 N–H and O–H groups in total. The van der Waals surface area contributed by atoms with E-state index in [9.17, 15) is 9.59 Å². The highest BCUT2D eigenvalue weighted by Crippen LogP contribution is 2.03. The minimum Gasteiger partial charge on any atom is -0.352 e. The van der Waals surface area contributed by atoms with Crippen molar-refractivity contribution >= 4 is 17.5 Å². The predicted molar refractivity (Wildman–Crippen MR) is 164 cm³/mol. The number of likely N-dealkylation sites (N-methyl/N-ethyl adjacent to an activating group) is 1. The topological polar surface area (TPSA) is 89.9 Å². The molecule has 0 radical (unpaired) electrons. The largest absolute Gasteiger partial charge is 0.352 e. The second-order valence-electron chi connectivity index (χ2n) is 10.2. The molecule has 0 aromatic carbocycles. The molecule has 8 heteroatoms. The molecule has 1 aromatic heterocycles. The third-order valence-electron chi connectivity index (χ3n) is 5.93. The van der Waals surface area contributed by atoms with Gasteiger partial charge < -0.3 is 15.1 Å². The Morgan fingerprint density at radius 3 is 2.31 bits per heavy atom. The maximum Gasteiger partial charge on any atom is 0.224 e. The van der Waals surface area contributed by atoms with Crippen molar-refractivity contribution in [2.45, 2.75) is 86.1 Å². The number of pyridine rings is 1. The van der Waals surface area contributed by atoms with Gasteiger partial charge in [0.25, 0.3) is 0 Å². The molecule has 0 saturated heterocycles. The van der Waals surface area contributed by atoms with Crippen LogP contribution >= 0.6 is 0 Å². The van der Waals surface area contributed by atoms with Gasteiger partial charge in [-0.1, -0.05) is 59.6 Å². The Morgan fingerprint density at radius 1 is 1.05 bits per heavy atom. The van der Waals surface area contributed by atoms with Crippen molar-refractivity contribution in [3.05, 3.63) is 54.5 Å². The van der Waals surface area contributed by atoms with Gasteiger partial charge in [-0.15, -0.1) is 0 Å². The fraction of sp³-hybridized carbons (Fsp3) is 0.613. The summed E-state index contributed by atoms with van der Waals surface area (Å²) in [4.78, 5) is 31.1. The first-order chi connectivity index (χ1) is 18.6. The number of allylic oxidation sites excluding steroid dienone is 2. The lowest BCUT2D eigenvalue weighted by Crippen LogP contribution is -2.42. The summed E-state index contributed by atoms with van der Waals surface area (Å²) in [6.07, 6.45) is 17.0. The van der Waals surface area contributed by atoms with Gasteiger partial charge in [-0.25, -0.2) is 0 Å². The van der Waals surface area contributed by atoms with Crippen LogP contribution in [0.2, 0.25) is 0 Å². The van der Waals surface area contributed by atoms with Crippen LogP contribution in [0.15, 0.2) is 54.1 Å². The molecule has 0 aliphatic carbocycles. The summed E-state index contributed by atoms with van der Waals surface area (Å²) < 4.78 is 0. The van der Waals surface area contributed by atoms with Gasteiger partial charge in [0, 0.05) is 63.7 Å². The minimum atomic E-state index is 0.0275. The van der Waals surface area contributed by atoms with Crippen LogP contribution in [0.25, 0.3) is 0 Å². The molecule has 0 aliphatic rings. The first-order valence-corrected chi connectivity index (χ1v) is 14.4. The monoisotopic (exact) mass is 542 g/mol. The van der Waals surface area contributed by atoms with Gasteiger partial charge in [-0.3, -0.25) is 20.0 Å². The number of nitrogens with one attached hydrogen (secondary N) is 2. The third-order valence-corrected chi connectivity index (χ3v) is 5.93. The number of hydrazone groups is 1. The van der Waals surface area contributed by atoms with E-state index >= 15 is 0 Å². The molecule has 39 heavy (non-hydrogen) atoms. The summed E-state index contributed by atoms with van der Waals surface area (Å²) in [6, 6.07) is 3.96. The average molecular weight is 543 g/mol. The second-order valence-corrected chi connectivity index (χ2v) is 10.2. The Kier molecular flexibility index (Phi) is 21.2.